The molecule has 1 aromatic rings. The zero-order chi connectivity index (χ0) is 16.8. The van der Waals surface area contributed by atoms with Crippen LogP contribution >= 0.6 is 11.8 Å². The van der Waals surface area contributed by atoms with Crippen LogP contribution in [0.4, 0.5) is 0 Å². The number of methoxy groups -OCH3 is 1. The number of benzene rings is 1. The molecule has 2 rings (SSSR count). The van der Waals surface area contributed by atoms with Crippen molar-refractivity contribution in [3.05, 3.63) is 29.8 Å². The zero-order valence-corrected chi connectivity index (χ0v) is 13.9. The molecular weight excluding hydrogens is 316 g/mol. The van der Waals surface area contributed by atoms with Gasteiger partial charge in [0.15, 0.2) is 0 Å². The molecule has 0 spiro atoms. The Hall–Kier alpha value is -2.02. The maximum absolute atomic E-state index is 12.3. The first-order chi connectivity index (χ1) is 11.0. The molecule has 0 bridgehead atoms. The lowest BCUT2D eigenvalue weighted by Crippen LogP contribution is -2.38. The Balaban J connectivity index is 1.96. The lowest BCUT2D eigenvalue weighted by molar-refractivity contribution is -0.139. The predicted molar refractivity (Wildman–Crippen MR) is 87.3 cm³/mol. The molecule has 1 aromatic carbocycles. The molecule has 6 nitrogen and oxygen atoms in total. The number of carbonyl (C=O) groups is 3. The summed E-state index contributed by atoms with van der Waals surface area (Å²) in [5, 5.41) is 4.99. The number of ether oxygens (including phenoxy) is 1. The van der Waals surface area contributed by atoms with Crippen LogP contribution in [-0.4, -0.2) is 42.7 Å². The first-order valence-electron chi connectivity index (χ1n) is 7.42. The van der Waals surface area contributed by atoms with Gasteiger partial charge < -0.3 is 15.4 Å². The number of hydrogen-bond donors (Lipinski definition) is 2. The van der Waals surface area contributed by atoms with Gasteiger partial charge in [-0.15, -0.1) is 11.8 Å². The quantitative estimate of drug-likeness (QED) is 0.580. The standard InChI is InChI=1S/C16H20N2O4S/c1-10(16(21)22-2)23-13-6-4-3-5-12(13)15(20)17-9-14(19)18-11-7-8-11/h3-6,10-11H,7-9H2,1-2H3,(H,17,20)(H,18,19). The van der Waals surface area contributed by atoms with Crippen molar-refractivity contribution in [1.82, 2.24) is 10.6 Å². The molecular formula is C16H20N2O4S. The van der Waals surface area contributed by atoms with Gasteiger partial charge in [0.1, 0.15) is 5.25 Å². The van der Waals surface area contributed by atoms with E-state index in [1.165, 1.54) is 18.9 Å². The number of carbonyl (C=O) groups excluding carboxylic acids is 3. The number of amides is 2. The van der Waals surface area contributed by atoms with Gasteiger partial charge in [-0.05, 0) is 31.9 Å². The fraction of sp³-hybridized carbons (Fsp3) is 0.438. The highest BCUT2D eigenvalue weighted by Crippen LogP contribution is 2.27. The van der Waals surface area contributed by atoms with Crippen molar-refractivity contribution in [3.8, 4) is 0 Å². The fourth-order valence-electron chi connectivity index (χ4n) is 1.92. The van der Waals surface area contributed by atoms with Crippen molar-refractivity contribution in [3.63, 3.8) is 0 Å². The van der Waals surface area contributed by atoms with Crippen LogP contribution in [0.1, 0.15) is 30.1 Å². The summed E-state index contributed by atoms with van der Waals surface area (Å²) in [6, 6.07) is 7.24. The van der Waals surface area contributed by atoms with Crippen LogP contribution in [0.15, 0.2) is 29.2 Å². The van der Waals surface area contributed by atoms with Crippen molar-refractivity contribution in [2.75, 3.05) is 13.7 Å². The molecule has 1 aliphatic carbocycles. The Morgan fingerprint density at radius 1 is 1.30 bits per heavy atom. The highest BCUT2D eigenvalue weighted by atomic mass is 32.2. The average molecular weight is 336 g/mol. The molecule has 0 saturated heterocycles. The van der Waals surface area contributed by atoms with Crippen molar-refractivity contribution >= 4 is 29.5 Å². The molecule has 0 aromatic heterocycles. The normalized spacial score (nSPS) is 14.7. The maximum atomic E-state index is 12.3. The third kappa shape index (κ3) is 5.28. The topological polar surface area (TPSA) is 84.5 Å². The summed E-state index contributed by atoms with van der Waals surface area (Å²) in [6.07, 6.45) is 2.01. The largest absolute Gasteiger partial charge is 0.468 e. The maximum Gasteiger partial charge on any atom is 0.318 e. The molecule has 0 radical (unpaired) electrons. The predicted octanol–water partition coefficient (Wildman–Crippen LogP) is 1.35. The highest BCUT2D eigenvalue weighted by Gasteiger charge is 2.23. The van der Waals surface area contributed by atoms with E-state index >= 15 is 0 Å². The molecule has 2 N–H and O–H groups in total. The van der Waals surface area contributed by atoms with E-state index in [0.717, 1.165) is 12.8 Å². The average Bonchev–Trinajstić information content (AvgIpc) is 3.36. The summed E-state index contributed by atoms with van der Waals surface area (Å²) >= 11 is 1.25. The van der Waals surface area contributed by atoms with E-state index in [9.17, 15) is 14.4 Å². The molecule has 1 saturated carbocycles. The highest BCUT2D eigenvalue weighted by molar-refractivity contribution is 8.00. The molecule has 0 heterocycles. The second-order valence-electron chi connectivity index (χ2n) is 5.30. The van der Waals surface area contributed by atoms with Gasteiger partial charge in [0, 0.05) is 10.9 Å². The van der Waals surface area contributed by atoms with E-state index in [0.29, 0.717) is 10.5 Å². The Morgan fingerprint density at radius 2 is 2.00 bits per heavy atom. The van der Waals surface area contributed by atoms with Gasteiger partial charge in [-0.25, -0.2) is 0 Å². The van der Waals surface area contributed by atoms with Gasteiger partial charge >= 0.3 is 5.97 Å². The lowest BCUT2D eigenvalue weighted by atomic mass is 10.2. The fourth-order valence-corrected chi connectivity index (χ4v) is 2.94. The van der Waals surface area contributed by atoms with Gasteiger partial charge in [-0.2, -0.15) is 0 Å². The summed E-state index contributed by atoms with van der Waals surface area (Å²) in [6.45, 7) is 1.66. The van der Waals surface area contributed by atoms with E-state index in [1.54, 1.807) is 31.2 Å². The minimum atomic E-state index is -0.424. The van der Waals surface area contributed by atoms with Crippen molar-refractivity contribution in [2.45, 2.75) is 36.0 Å². The van der Waals surface area contributed by atoms with Crippen molar-refractivity contribution < 1.29 is 19.1 Å². The molecule has 1 aliphatic rings. The summed E-state index contributed by atoms with van der Waals surface area (Å²) in [5.74, 6) is -0.876. The van der Waals surface area contributed by atoms with Gasteiger partial charge in [-0.3, -0.25) is 14.4 Å². The van der Waals surface area contributed by atoms with Crippen LogP contribution in [0.5, 0.6) is 0 Å². The van der Waals surface area contributed by atoms with Crippen LogP contribution in [0.3, 0.4) is 0 Å². The van der Waals surface area contributed by atoms with Gasteiger partial charge in [0.05, 0.1) is 19.2 Å². The minimum absolute atomic E-state index is 0.0547. The Morgan fingerprint density at radius 3 is 2.65 bits per heavy atom. The van der Waals surface area contributed by atoms with Crippen LogP contribution in [-0.2, 0) is 14.3 Å². The molecule has 1 fully saturated rings. The Kier molecular flexibility index (Phi) is 6.04. The smallest absolute Gasteiger partial charge is 0.318 e. The van der Waals surface area contributed by atoms with Crippen LogP contribution < -0.4 is 10.6 Å². The number of hydrogen-bond acceptors (Lipinski definition) is 5. The molecule has 124 valence electrons. The van der Waals surface area contributed by atoms with E-state index in [2.05, 4.69) is 10.6 Å². The number of thioether (sulfide) groups is 1. The van der Waals surface area contributed by atoms with Gasteiger partial charge in [0.2, 0.25) is 5.91 Å². The van der Waals surface area contributed by atoms with Crippen molar-refractivity contribution in [2.24, 2.45) is 0 Å². The molecule has 0 aliphatic heterocycles. The van der Waals surface area contributed by atoms with Gasteiger partial charge in [0.25, 0.3) is 5.91 Å². The Bertz CT molecular complexity index is 601. The summed E-state index contributed by atoms with van der Waals surface area (Å²) in [4.78, 5) is 36.1. The molecule has 2 amide bonds. The SMILES string of the molecule is COC(=O)C(C)Sc1ccccc1C(=O)NCC(=O)NC1CC1. The van der Waals surface area contributed by atoms with Gasteiger partial charge in [-0.1, -0.05) is 12.1 Å². The summed E-state index contributed by atoms with van der Waals surface area (Å²) < 4.78 is 4.69. The monoisotopic (exact) mass is 336 g/mol. The molecule has 1 atom stereocenters. The zero-order valence-electron chi connectivity index (χ0n) is 13.1. The number of rotatable bonds is 7. The van der Waals surface area contributed by atoms with E-state index < -0.39 is 5.25 Å². The third-order valence-corrected chi connectivity index (χ3v) is 4.48. The molecule has 23 heavy (non-hydrogen) atoms. The second-order valence-corrected chi connectivity index (χ2v) is 6.69. The minimum Gasteiger partial charge on any atom is -0.468 e. The number of nitrogens with one attached hydrogen (secondary N) is 2. The van der Waals surface area contributed by atoms with E-state index in [-0.39, 0.29) is 30.4 Å². The summed E-state index contributed by atoms with van der Waals surface area (Å²) in [5.41, 5.74) is 0.437. The molecule has 7 heteroatoms. The Labute approximate surface area is 139 Å². The third-order valence-electron chi connectivity index (χ3n) is 3.32. The number of esters is 1. The lowest BCUT2D eigenvalue weighted by Gasteiger charge is -2.13. The second kappa shape index (κ2) is 8.01. The first kappa shape index (κ1) is 17.3. The van der Waals surface area contributed by atoms with E-state index in [4.69, 9.17) is 4.74 Å². The summed E-state index contributed by atoms with van der Waals surface area (Å²) in [7, 11) is 1.33. The van der Waals surface area contributed by atoms with E-state index in [1.807, 2.05) is 0 Å². The van der Waals surface area contributed by atoms with Crippen molar-refractivity contribution in [1.29, 1.82) is 0 Å². The first-order valence-corrected chi connectivity index (χ1v) is 8.30. The van der Waals surface area contributed by atoms with Crippen LogP contribution in [0.25, 0.3) is 0 Å². The van der Waals surface area contributed by atoms with Crippen LogP contribution in [0.2, 0.25) is 0 Å². The van der Waals surface area contributed by atoms with Crippen LogP contribution in [0, 0.1) is 0 Å². The molecule has 1 unspecified atom stereocenters.